The maximum atomic E-state index is 10.7. The first-order valence-corrected chi connectivity index (χ1v) is 4.68. The summed E-state index contributed by atoms with van der Waals surface area (Å²) >= 11 is 0. The van der Waals surface area contributed by atoms with Gasteiger partial charge >= 0.3 is 5.97 Å². The highest BCUT2D eigenvalue weighted by Crippen LogP contribution is 2.12. The topological polar surface area (TPSA) is 40.5 Å². The first-order valence-electron chi connectivity index (χ1n) is 4.68. The van der Waals surface area contributed by atoms with E-state index in [9.17, 15) is 4.79 Å². The third kappa shape index (κ3) is 2.48. The molecule has 0 aromatic carbocycles. The van der Waals surface area contributed by atoms with E-state index in [1.165, 1.54) is 12.8 Å². The van der Waals surface area contributed by atoms with Crippen LogP contribution in [0.1, 0.15) is 32.6 Å². The fourth-order valence-corrected chi connectivity index (χ4v) is 1.64. The SMILES string of the molecule is C[C@@H](C(=O)O)N1CCCCCC1. The highest BCUT2D eigenvalue weighted by atomic mass is 16.4. The zero-order chi connectivity index (χ0) is 8.97. The lowest BCUT2D eigenvalue weighted by molar-refractivity contribution is -0.142. The second-order valence-corrected chi connectivity index (χ2v) is 3.46. The largest absolute Gasteiger partial charge is 0.480 e. The number of carbonyl (C=O) groups is 1. The molecule has 1 aliphatic rings. The molecule has 0 radical (unpaired) electrons. The van der Waals surface area contributed by atoms with Crippen molar-refractivity contribution >= 4 is 5.97 Å². The molecule has 0 amide bonds. The minimum Gasteiger partial charge on any atom is -0.480 e. The molecule has 0 aliphatic carbocycles. The molecule has 0 saturated carbocycles. The van der Waals surface area contributed by atoms with E-state index >= 15 is 0 Å². The average Bonchev–Trinajstić information content (AvgIpc) is 2.30. The highest BCUT2D eigenvalue weighted by Gasteiger charge is 2.20. The normalized spacial score (nSPS) is 23.1. The van der Waals surface area contributed by atoms with Gasteiger partial charge in [0.25, 0.3) is 0 Å². The Morgan fingerprint density at radius 2 is 1.75 bits per heavy atom. The lowest BCUT2D eigenvalue weighted by Crippen LogP contribution is -2.39. The number of hydrogen-bond donors (Lipinski definition) is 1. The van der Waals surface area contributed by atoms with Crippen molar-refractivity contribution in [2.75, 3.05) is 13.1 Å². The lowest BCUT2D eigenvalue weighted by atomic mass is 10.2. The van der Waals surface area contributed by atoms with Gasteiger partial charge in [0.15, 0.2) is 0 Å². The molecule has 1 rings (SSSR count). The van der Waals surface area contributed by atoms with E-state index in [4.69, 9.17) is 5.11 Å². The number of carboxylic acid groups (broad SMARTS) is 1. The van der Waals surface area contributed by atoms with Crippen LogP contribution in [0.3, 0.4) is 0 Å². The van der Waals surface area contributed by atoms with Crippen LogP contribution in [0.15, 0.2) is 0 Å². The second kappa shape index (κ2) is 4.45. The van der Waals surface area contributed by atoms with Gasteiger partial charge < -0.3 is 5.11 Å². The van der Waals surface area contributed by atoms with Crippen molar-refractivity contribution in [1.29, 1.82) is 0 Å². The number of aliphatic carboxylic acids is 1. The molecular weight excluding hydrogens is 154 g/mol. The molecule has 3 nitrogen and oxygen atoms in total. The Morgan fingerprint density at radius 1 is 1.25 bits per heavy atom. The summed E-state index contributed by atoms with van der Waals surface area (Å²) in [6.07, 6.45) is 4.81. The van der Waals surface area contributed by atoms with Crippen LogP contribution in [0.4, 0.5) is 0 Å². The summed E-state index contributed by atoms with van der Waals surface area (Å²) in [6.45, 7) is 3.68. The maximum absolute atomic E-state index is 10.7. The van der Waals surface area contributed by atoms with E-state index in [0.717, 1.165) is 25.9 Å². The minimum absolute atomic E-state index is 0.303. The molecule has 0 unspecified atom stereocenters. The standard InChI is InChI=1S/C9H17NO2/c1-8(9(11)12)10-6-4-2-3-5-7-10/h8H,2-7H2,1H3,(H,11,12)/t8-/m0/s1. The van der Waals surface area contributed by atoms with Crippen LogP contribution < -0.4 is 0 Å². The summed E-state index contributed by atoms with van der Waals surface area (Å²) < 4.78 is 0. The number of likely N-dealkylation sites (tertiary alicyclic amines) is 1. The first-order chi connectivity index (χ1) is 5.72. The predicted molar refractivity (Wildman–Crippen MR) is 47.1 cm³/mol. The first kappa shape index (κ1) is 9.52. The number of rotatable bonds is 2. The van der Waals surface area contributed by atoms with Gasteiger partial charge in [0.2, 0.25) is 0 Å². The minimum atomic E-state index is -0.697. The van der Waals surface area contributed by atoms with Gasteiger partial charge in [0.05, 0.1) is 0 Å². The summed E-state index contributed by atoms with van der Waals surface area (Å²) in [5, 5.41) is 8.78. The fraction of sp³-hybridized carbons (Fsp3) is 0.889. The fourth-order valence-electron chi connectivity index (χ4n) is 1.64. The molecule has 0 bridgehead atoms. The average molecular weight is 171 g/mol. The molecule has 1 aliphatic heterocycles. The van der Waals surface area contributed by atoms with Crippen molar-refractivity contribution in [3.8, 4) is 0 Å². The number of nitrogens with zero attached hydrogens (tertiary/aromatic N) is 1. The van der Waals surface area contributed by atoms with E-state index in [1.807, 2.05) is 0 Å². The van der Waals surface area contributed by atoms with Crippen molar-refractivity contribution < 1.29 is 9.90 Å². The summed E-state index contributed by atoms with van der Waals surface area (Å²) in [6, 6.07) is -0.303. The quantitative estimate of drug-likeness (QED) is 0.681. The van der Waals surface area contributed by atoms with Gasteiger partial charge in [-0.2, -0.15) is 0 Å². The number of hydrogen-bond acceptors (Lipinski definition) is 2. The van der Waals surface area contributed by atoms with Gasteiger partial charge in [-0.3, -0.25) is 9.69 Å². The smallest absolute Gasteiger partial charge is 0.320 e. The molecule has 3 heteroatoms. The Kier molecular flexibility index (Phi) is 3.53. The lowest BCUT2D eigenvalue weighted by Gasteiger charge is -2.23. The van der Waals surface area contributed by atoms with Crippen LogP contribution in [-0.2, 0) is 4.79 Å². The van der Waals surface area contributed by atoms with Gasteiger partial charge in [-0.25, -0.2) is 0 Å². The molecule has 1 atom stereocenters. The van der Waals surface area contributed by atoms with E-state index in [-0.39, 0.29) is 6.04 Å². The molecule has 1 N–H and O–H groups in total. The van der Waals surface area contributed by atoms with Gasteiger partial charge in [-0.05, 0) is 32.9 Å². The van der Waals surface area contributed by atoms with E-state index in [2.05, 4.69) is 4.90 Å². The molecule has 1 fully saturated rings. The zero-order valence-corrected chi connectivity index (χ0v) is 7.62. The highest BCUT2D eigenvalue weighted by molar-refractivity contribution is 5.72. The van der Waals surface area contributed by atoms with Crippen molar-refractivity contribution in [2.45, 2.75) is 38.6 Å². The van der Waals surface area contributed by atoms with Crippen molar-refractivity contribution in [3.63, 3.8) is 0 Å². The van der Waals surface area contributed by atoms with Crippen LogP contribution in [0, 0.1) is 0 Å². The molecule has 0 aromatic rings. The monoisotopic (exact) mass is 171 g/mol. The summed E-state index contributed by atoms with van der Waals surface area (Å²) in [7, 11) is 0. The van der Waals surface area contributed by atoms with Crippen molar-refractivity contribution in [2.24, 2.45) is 0 Å². The molecular formula is C9H17NO2. The zero-order valence-electron chi connectivity index (χ0n) is 7.62. The van der Waals surface area contributed by atoms with Crippen LogP contribution >= 0.6 is 0 Å². The summed E-state index contributed by atoms with van der Waals surface area (Å²) in [5.74, 6) is -0.697. The van der Waals surface area contributed by atoms with E-state index in [0.29, 0.717) is 0 Å². The Labute approximate surface area is 73.4 Å². The number of carboxylic acids is 1. The molecule has 70 valence electrons. The van der Waals surface area contributed by atoms with Gasteiger partial charge in [-0.15, -0.1) is 0 Å². The molecule has 1 saturated heterocycles. The predicted octanol–water partition coefficient (Wildman–Crippen LogP) is 1.34. The van der Waals surface area contributed by atoms with Crippen LogP contribution in [0.5, 0.6) is 0 Å². The Bertz CT molecular complexity index is 151. The van der Waals surface area contributed by atoms with Crippen molar-refractivity contribution in [3.05, 3.63) is 0 Å². The van der Waals surface area contributed by atoms with Crippen LogP contribution in [0.25, 0.3) is 0 Å². The maximum Gasteiger partial charge on any atom is 0.320 e. The van der Waals surface area contributed by atoms with Gasteiger partial charge in [0, 0.05) is 0 Å². The van der Waals surface area contributed by atoms with Crippen LogP contribution in [-0.4, -0.2) is 35.1 Å². The van der Waals surface area contributed by atoms with Crippen molar-refractivity contribution in [1.82, 2.24) is 4.90 Å². The molecule has 0 spiro atoms. The van der Waals surface area contributed by atoms with E-state index in [1.54, 1.807) is 6.92 Å². The van der Waals surface area contributed by atoms with Crippen LogP contribution in [0.2, 0.25) is 0 Å². The molecule has 12 heavy (non-hydrogen) atoms. The third-order valence-electron chi connectivity index (χ3n) is 2.55. The Hall–Kier alpha value is -0.570. The second-order valence-electron chi connectivity index (χ2n) is 3.46. The summed E-state index contributed by atoms with van der Waals surface area (Å²) in [4.78, 5) is 12.7. The Balaban J connectivity index is 2.42. The molecule has 1 heterocycles. The summed E-state index contributed by atoms with van der Waals surface area (Å²) in [5.41, 5.74) is 0. The third-order valence-corrected chi connectivity index (χ3v) is 2.55. The van der Waals surface area contributed by atoms with E-state index < -0.39 is 5.97 Å². The van der Waals surface area contributed by atoms with Gasteiger partial charge in [0.1, 0.15) is 6.04 Å². The molecule has 0 aromatic heterocycles. The van der Waals surface area contributed by atoms with Gasteiger partial charge in [-0.1, -0.05) is 12.8 Å². The Morgan fingerprint density at radius 3 is 2.17 bits per heavy atom.